The van der Waals surface area contributed by atoms with E-state index in [0.717, 1.165) is 57.8 Å². The highest BCUT2D eigenvalue weighted by Gasteiger charge is 2.27. The number of likely N-dealkylation sites (tertiary alicyclic amines) is 1. The normalized spacial score (nSPS) is 15.8. The molecule has 1 heterocycles. The lowest BCUT2D eigenvalue weighted by Crippen LogP contribution is -2.46. The number of hydrogen-bond donors (Lipinski definition) is 1. The lowest BCUT2D eigenvalue weighted by molar-refractivity contribution is -0.149. The summed E-state index contributed by atoms with van der Waals surface area (Å²) in [7, 11) is 0. The van der Waals surface area contributed by atoms with Crippen LogP contribution in [0.15, 0.2) is 29.3 Å². The van der Waals surface area contributed by atoms with Gasteiger partial charge in [-0.2, -0.15) is 0 Å². The van der Waals surface area contributed by atoms with Gasteiger partial charge in [0.05, 0.1) is 12.5 Å². The number of benzene rings is 1. The van der Waals surface area contributed by atoms with Gasteiger partial charge in [-0.15, -0.1) is 0 Å². The summed E-state index contributed by atoms with van der Waals surface area (Å²) in [5.74, 6) is 0.941. The molecule has 1 aliphatic rings. The van der Waals surface area contributed by atoms with Crippen LogP contribution in [0.5, 0.6) is 0 Å². The van der Waals surface area contributed by atoms with Gasteiger partial charge in [0.25, 0.3) is 0 Å². The molecule has 0 saturated carbocycles. The van der Waals surface area contributed by atoms with E-state index in [-0.39, 0.29) is 11.9 Å². The molecule has 1 N–H and O–H groups in total. The number of hydrogen-bond acceptors (Lipinski definition) is 3. The van der Waals surface area contributed by atoms with Crippen LogP contribution in [0.25, 0.3) is 0 Å². The van der Waals surface area contributed by atoms with Gasteiger partial charge < -0.3 is 15.0 Å². The summed E-state index contributed by atoms with van der Waals surface area (Å²) in [6.07, 6.45) is 3.69. The second kappa shape index (κ2) is 10.8. The number of nitrogens with zero attached hydrogens (tertiary/aromatic N) is 2. The number of esters is 1. The first-order chi connectivity index (χ1) is 12.7. The number of rotatable bonds is 7. The third-order valence-electron chi connectivity index (χ3n) is 4.84. The van der Waals surface area contributed by atoms with E-state index in [1.807, 2.05) is 6.92 Å². The van der Waals surface area contributed by atoms with Crippen molar-refractivity contribution in [3.63, 3.8) is 0 Å². The van der Waals surface area contributed by atoms with E-state index >= 15 is 0 Å². The summed E-state index contributed by atoms with van der Waals surface area (Å²) < 4.78 is 5.15. The maximum atomic E-state index is 11.9. The number of nitrogens with one attached hydrogen (secondary N) is 1. The Kier molecular flexibility index (Phi) is 8.45. The molecule has 0 spiro atoms. The highest BCUT2D eigenvalue weighted by atomic mass is 16.5. The lowest BCUT2D eigenvalue weighted by atomic mass is 9.97. The summed E-state index contributed by atoms with van der Waals surface area (Å²) in [5, 5.41) is 3.39. The van der Waals surface area contributed by atoms with Crippen molar-refractivity contribution in [1.29, 1.82) is 0 Å². The van der Waals surface area contributed by atoms with Crippen LogP contribution in [0.2, 0.25) is 0 Å². The first-order valence-corrected chi connectivity index (χ1v) is 9.95. The van der Waals surface area contributed by atoms with Crippen molar-refractivity contribution in [2.75, 3.05) is 32.8 Å². The molecule has 1 aromatic carbocycles. The molecule has 0 unspecified atom stereocenters. The van der Waals surface area contributed by atoms with E-state index in [9.17, 15) is 4.79 Å². The van der Waals surface area contributed by atoms with Crippen LogP contribution in [0.1, 0.15) is 44.7 Å². The largest absolute Gasteiger partial charge is 0.466 e. The summed E-state index contributed by atoms with van der Waals surface area (Å²) in [6.45, 7) is 9.90. The molecule has 5 nitrogen and oxygen atoms in total. The summed E-state index contributed by atoms with van der Waals surface area (Å²) in [5.41, 5.74) is 2.69. The predicted octanol–water partition coefficient (Wildman–Crippen LogP) is 3.03. The Morgan fingerprint density at radius 1 is 1.15 bits per heavy atom. The molecule has 0 aliphatic carbocycles. The zero-order valence-corrected chi connectivity index (χ0v) is 16.5. The van der Waals surface area contributed by atoms with E-state index in [4.69, 9.17) is 9.73 Å². The molecule has 1 fully saturated rings. The molecule has 0 atom stereocenters. The monoisotopic (exact) mass is 359 g/mol. The molecule has 0 bridgehead atoms. The Hall–Kier alpha value is -2.04. The molecule has 1 aliphatic heterocycles. The fourth-order valence-electron chi connectivity index (χ4n) is 3.25. The Bertz CT molecular complexity index is 575. The van der Waals surface area contributed by atoms with Crippen LogP contribution in [-0.4, -0.2) is 49.6 Å². The molecule has 144 valence electrons. The van der Waals surface area contributed by atoms with Crippen molar-refractivity contribution < 1.29 is 9.53 Å². The fourth-order valence-corrected chi connectivity index (χ4v) is 3.25. The highest BCUT2D eigenvalue weighted by molar-refractivity contribution is 5.80. The molecule has 0 aromatic heterocycles. The smallest absolute Gasteiger partial charge is 0.309 e. The van der Waals surface area contributed by atoms with Crippen LogP contribution in [0, 0.1) is 5.92 Å². The van der Waals surface area contributed by atoms with E-state index in [0.29, 0.717) is 6.61 Å². The average molecular weight is 360 g/mol. The minimum absolute atomic E-state index is 0.0335. The minimum Gasteiger partial charge on any atom is -0.466 e. The molecule has 0 amide bonds. The van der Waals surface area contributed by atoms with Crippen LogP contribution >= 0.6 is 0 Å². The standard InChI is InChI=1S/C21H33N3O2/c1-4-17-7-9-18(10-8-17)11-14-23-21(22-5-2)24-15-12-19(13-16-24)20(25)26-6-3/h7-10,19H,4-6,11-16H2,1-3H3,(H,22,23). The van der Waals surface area contributed by atoms with Crippen molar-refractivity contribution >= 4 is 11.9 Å². The SMILES string of the molecule is CCNC(=NCCc1ccc(CC)cc1)N1CCC(C(=O)OCC)CC1. The average Bonchev–Trinajstić information content (AvgIpc) is 2.68. The second-order valence-corrected chi connectivity index (χ2v) is 6.67. The zero-order chi connectivity index (χ0) is 18.8. The maximum Gasteiger partial charge on any atom is 0.309 e. The summed E-state index contributed by atoms with van der Waals surface area (Å²) in [4.78, 5) is 18.9. The van der Waals surface area contributed by atoms with Gasteiger partial charge in [0.1, 0.15) is 0 Å². The number of aryl methyl sites for hydroxylation is 1. The van der Waals surface area contributed by atoms with Crippen molar-refractivity contribution in [1.82, 2.24) is 10.2 Å². The quantitative estimate of drug-likeness (QED) is 0.462. The molecular weight excluding hydrogens is 326 g/mol. The lowest BCUT2D eigenvalue weighted by Gasteiger charge is -2.33. The van der Waals surface area contributed by atoms with E-state index in [2.05, 4.69) is 48.3 Å². The van der Waals surface area contributed by atoms with E-state index in [1.54, 1.807) is 0 Å². The van der Waals surface area contributed by atoms with Gasteiger partial charge in [-0.3, -0.25) is 9.79 Å². The number of aliphatic imine (C=N–C) groups is 1. The molecule has 2 rings (SSSR count). The van der Waals surface area contributed by atoms with Crippen LogP contribution in [0.3, 0.4) is 0 Å². The van der Waals surface area contributed by atoms with Crippen LogP contribution in [-0.2, 0) is 22.4 Å². The van der Waals surface area contributed by atoms with Gasteiger partial charge in [0, 0.05) is 26.2 Å². The maximum absolute atomic E-state index is 11.9. The van der Waals surface area contributed by atoms with Gasteiger partial charge in [0.15, 0.2) is 5.96 Å². The summed E-state index contributed by atoms with van der Waals surface area (Å²) >= 11 is 0. The Balaban J connectivity index is 1.87. The molecular formula is C21H33N3O2. The molecule has 5 heteroatoms. The third kappa shape index (κ3) is 6.04. The topological polar surface area (TPSA) is 53.9 Å². The van der Waals surface area contributed by atoms with Gasteiger partial charge in [-0.25, -0.2) is 0 Å². The third-order valence-corrected chi connectivity index (χ3v) is 4.84. The van der Waals surface area contributed by atoms with E-state index in [1.165, 1.54) is 11.1 Å². The Morgan fingerprint density at radius 3 is 2.38 bits per heavy atom. The predicted molar refractivity (Wildman–Crippen MR) is 106 cm³/mol. The minimum atomic E-state index is -0.0513. The first kappa shape index (κ1) is 20.3. The van der Waals surface area contributed by atoms with Crippen LogP contribution < -0.4 is 5.32 Å². The first-order valence-electron chi connectivity index (χ1n) is 9.95. The zero-order valence-electron chi connectivity index (χ0n) is 16.5. The van der Waals surface area contributed by atoms with Crippen LogP contribution in [0.4, 0.5) is 0 Å². The van der Waals surface area contributed by atoms with Gasteiger partial charge in [0.2, 0.25) is 0 Å². The van der Waals surface area contributed by atoms with Gasteiger partial charge in [-0.05, 0) is 50.7 Å². The summed E-state index contributed by atoms with van der Waals surface area (Å²) in [6, 6.07) is 8.80. The number of guanidine groups is 1. The van der Waals surface area contributed by atoms with Crippen molar-refractivity contribution in [2.45, 2.75) is 46.5 Å². The Morgan fingerprint density at radius 2 is 1.81 bits per heavy atom. The van der Waals surface area contributed by atoms with Crippen molar-refractivity contribution in [2.24, 2.45) is 10.9 Å². The Labute approximate surface area is 157 Å². The second-order valence-electron chi connectivity index (χ2n) is 6.67. The molecule has 1 saturated heterocycles. The number of ether oxygens (including phenoxy) is 1. The van der Waals surface area contributed by atoms with Gasteiger partial charge in [-0.1, -0.05) is 31.2 Å². The highest BCUT2D eigenvalue weighted by Crippen LogP contribution is 2.18. The van der Waals surface area contributed by atoms with Crippen molar-refractivity contribution in [3.8, 4) is 0 Å². The fraction of sp³-hybridized carbons (Fsp3) is 0.619. The molecule has 0 radical (unpaired) electrons. The van der Waals surface area contributed by atoms with Crippen molar-refractivity contribution in [3.05, 3.63) is 35.4 Å². The number of carbonyl (C=O) groups is 1. The van der Waals surface area contributed by atoms with Gasteiger partial charge >= 0.3 is 5.97 Å². The molecule has 26 heavy (non-hydrogen) atoms. The number of carbonyl (C=O) groups excluding carboxylic acids is 1. The number of piperidine rings is 1. The molecule has 1 aromatic rings. The van der Waals surface area contributed by atoms with E-state index < -0.39 is 0 Å².